The van der Waals surface area contributed by atoms with Gasteiger partial charge in [-0.05, 0) is 18.3 Å². The first-order valence-electron chi connectivity index (χ1n) is 4.61. The SMILES string of the molecule is CCC(CCF)(C(=O)O)C(C)(C)C. The minimum atomic E-state index is -0.929. The lowest BCUT2D eigenvalue weighted by atomic mass is 9.63. The molecule has 0 aliphatic heterocycles. The highest BCUT2D eigenvalue weighted by Crippen LogP contribution is 2.44. The van der Waals surface area contributed by atoms with Crippen molar-refractivity contribution in [3.8, 4) is 0 Å². The molecule has 0 fully saturated rings. The largest absolute Gasteiger partial charge is 0.481 e. The topological polar surface area (TPSA) is 37.3 Å². The number of carboxylic acids is 1. The fourth-order valence-electron chi connectivity index (χ4n) is 1.82. The van der Waals surface area contributed by atoms with Gasteiger partial charge in [-0.25, -0.2) is 0 Å². The van der Waals surface area contributed by atoms with Crippen LogP contribution in [0.1, 0.15) is 40.5 Å². The minimum Gasteiger partial charge on any atom is -0.481 e. The first-order chi connectivity index (χ1) is 5.81. The molecule has 0 spiro atoms. The lowest BCUT2D eigenvalue weighted by Gasteiger charge is -2.40. The van der Waals surface area contributed by atoms with Crippen molar-refractivity contribution in [2.45, 2.75) is 40.5 Å². The van der Waals surface area contributed by atoms with Crippen molar-refractivity contribution in [2.75, 3.05) is 6.67 Å². The lowest BCUT2D eigenvalue weighted by Crippen LogP contribution is -2.43. The van der Waals surface area contributed by atoms with Crippen LogP contribution in [-0.4, -0.2) is 17.8 Å². The molecule has 0 aliphatic rings. The molecule has 0 saturated heterocycles. The first-order valence-corrected chi connectivity index (χ1v) is 4.61. The second kappa shape index (κ2) is 4.07. The fourth-order valence-corrected chi connectivity index (χ4v) is 1.82. The van der Waals surface area contributed by atoms with Gasteiger partial charge in [0.1, 0.15) is 0 Å². The third kappa shape index (κ3) is 2.20. The molecule has 0 bridgehead atoms. The van der Waals surface area contributed by atoms with E-state index >= 15 is 0 Å². The van der Waals surface area contributed by atoms with E-state index in [1.54, 1.807) is 6.92 Å². The molecular weight excluding hydrogens is 171 g/mol. The molecule has 0 aliphatic carbocycles. The van der Waals surface area contributed by atoms with Crippen LogP contribution >= 0.6 is 0 Å². The maximum Gasteiger partial charge on any atom is 0.310 e. The third-order valence-electron chi connectivity index (χ3n) is 2.97. The van der Waals surface area contributed by atoms with E-state index < -0.39 is 23.5 Å². The van der Waals surface area contributed by atoms with Gasteiger partial charge >= 0.3 is 5.97 Å². The zero-order valence-corrected chi connectivity index (χ0v) is 8.85. The van der Waals surface area contributed by atoms with E-state index in [4.69, 9.17) is 5.11 Å². The monoisotopic (exact) mass is 190 g/mol. The summed E-state index contributed by atoms with van der Waals surface area (Å²) >= 11 is 0. The summed E-state index contributed by atoms with van der Waals surface area (Å²) in [7, 11) is 0. The van der Waals surface area contributed by atoms with E-state index in [1.165, 1.54) is 0 Å². The van der Waals surface area contributed by atoms with Crippen LogP contribution < -0.4 is 0 Å². The normalized spacial score (nSPS) is 16.7. The van der Waals surface area contributed by atoms with E-state index in [0.29, 0.717) is 6.42 Å². The summed E-state index contributed by atoms with van der Waals surface area (Å²) in [5, 5.41) is 9.12. The Labute approximate surface area is 79.1 Å². The molecule has 1 unspecified atom stereocenters. The standard InChI is InChI=1S/C10H19FO2/c1-5-10(6-7-11,8(12)13)9(2,3)4/h5-7H2,1-4H3,(H,12,13). The molecule has 0 amide bonds. The Balaban J connectivity index is 4.98. The van der Waals surface area contributed by atoms with E-state index in [9.17, 15) is 9.18 Å². The summed E-state index contributed by atoms with van der Waals surface area (Å²) in [6.45, 7) is 6.77. The summed E-state index contributed by atoms with van der Waals surface area (Å²) in [5.41, 5.74) is -1.33. The maximum absolute atomic E-state index is 12.3. The van der Waals surface area contributed by atoms with Crippen LogP contribution in [0.2, 0.25) is 0 Å². The number of alkyl halides is 1. The zero-order chi connectivity index (χ0) is 10.7. The highest BCUT2D eigenvalue weighted by Gasteiger charge is 2.46. The summed E-state index contributed by atoms with van der Waals surface area (Å²) in [6, 6.07) is 0. The van der Waals surface area contributed by atoms with E-state index in [0.717, 1.165) is 0 Å². The van der Waals surface area contributed by atoms with Crippen molar-refractivity contribution < 1.29 is 14.3 Å². The van der Waals surface area contributed by atoms with Crippen LogP contribution in [-0.2, 0) is 4.79 Å². The van der Waals surface area contributed by atoms with Crippen molar-refractivity contribution in [3.63, 3.8) is 0 Å². The Morgan fingerprint density at radius 1 is 1.38 bits per heavy atom. The van der Waals surface area contributed by atoms with Gasteiger partial charge in [-0.1, -0.05) is 27.7 Å². The molecule has 1 atom stereocenters. The van der Waals surface area contributed by atoms with E-state index in [2.05, 4.69) is 0 Å². The number of carbonyl (C=O) groups is 1. The van der Waals surface area contributed by atoms with Gasteiger partial charge < -0.3 is 5.11 Å². The summed E-state index contributed by atoms with van der Waals surface area (Å²) in [4.78, 5) is 11.1. The number of hydrogen-bond acceptors (Lipinski definition) is 1. The second-order valence-electron chi connectivity index (χ2n) is 4.43. The number of hydrogen-bond donors (Lipinski definition) is 1. The number of halogens is 1. The summed E-state index contributed by atoms with van der Waals surface area (Å²) < 4.78 is 12.3. The molecule has 1 N–H and O–H groups in total. The number of rotatable bonds is 4. The lowest BCUT2D eigenvalue weighted by molar-refractivity contribution is -0.157. The van der Waals surface area contributed by atoms with Crippen LogP contribution in [0.5, 0.6) is 0 Å². The van der Waals surface area contributed by atoms with Crippen molar-refractivity contribution in [1.82, 2.24) is 0 Å². The molecule has 0 aromatic heterocycles. The minimum absolute atomic E-state index is 0.0995. The summed E-state index contributed by atoms with van der Waals surface area (Å²) in [5.74, 6) is -0.889. The van der Waals surface area contributed by atoms with Crippen LogP contribution in [0.4, 0.5) is 4.39 Å². The van der Waals surface area contributed by atoms with Gasteiger partial charge in [-0.15, -0.1) is 0 Å². The Morgan fingerprint density at radius 3 is 1.92 bits per heavy atom. The van der Waals surface area contributed by atoms with Gasteiger partial charge in [-0.2, -0.15) is 0 Å². The van der Waals surface area contributed by atoms with Crippen molar-refractivity contribution >= 4 is 5.97 Å². The quantitative estimate of drug-likeness (QED) is 0.740. The van der Waals surface area contributed by atoms with Gasteiger partial charge in [0.05, 0.1) is 12.1 Å². The Kier molecular flexibility index (Phi) is 3.88. The Hall–Kier alpha value is -0.600. The van der Waals surface area contributed by atoms with Gasteiger partial charge in [0.2, 0.25) is 0 Å². The molecule has 0 saturated carbocycles. The van der Waals surface area contributed by atoms with Gasteiger partial charge in [0.25, 0.3) is 0 Å². The number of carboxylic acid groups (broad SMARTS) is 1. The first kappa shape index (κ1) is 12.4. The van der Waals surface area contributed by atoms with Gasteiger partial charge in [-0.3, -0.25) is 9.18 Å². The second-order valence-corrected chi connectivity index (χ2v) is 4.43. The molecule has 3 heteroatoms. The zero-order valence-electron chi connectivity index (χ0n) is 8.85. The highest BCUT2D eigenvalue weighted by molar-refractivity contribution is 5.75. The molecule has 0 radical (unpaired) electrons. The van der Waals surface area contributed by atoms with Crippen LogP contribution in [0.3, 0.4) is 0 Å². The molecule has 0 aromatic rings. The van der Waals surface area contributed by atoms with Crippen molar-refractivity contribution in [2.24, 2.45) is 10.8 Å². The summed E-state index contributed by atoms with van der Waals surface area (Å²) in [6.07, 6.45) is 0.568. The molecule has 2 nitrogen and oxygen atoms in total. The smallest absolute Gasteiger partial charge is 0.310 e. The predicted molar refractivity (Wildman–Crippen MR) is 50.4 cm³/mol. The molecule has 78 valence electrons. The molecule has 0 aromatic carbocycles. The Bertz CT molecular complexity index is 184. The number of aliphatic carboxylic acids is 1. The van der Waals surface area contributed by atoms with Crippen molar-refractivity contribution in [1.29, 1.82) is 0 Å². The maximum atomic E-state index is 12.3. The molecule has 0 heterocycles. The molecule has 0 rings (SSSR count). The van der Waals surface area contributed by atoms with Gasteiger partial charge in [0, 0.05) is 0 Å². The predicted octanol–water partition coefficient (Wildman–Crippen LogP) is 2.87. The van der Waals surface area contributed by atoms with Crippen LogP contribution in [0, 0.1) is 10.8 Å². The molecule has 13 heavy (non-hydrogen) atoms. The van der Waals surface area contributed by atoms with E-state index in [-0.39, 0.29) is 6.42 Å². The Morgan fingerprint density at radius 2 is 1.85 bits per heavy atom. The molecular formula is C10H19FO2. The fraction of sp³-hybridized carbons (Fsp3) is 0.900. The van der Waals surface area contributed by atoms with Crippen molar-refractivity contribution in [3.05, 3.63) is 0 Å². The van der Waals surface area contributed by atoms with Crippen LogP contribution in [0.15, 0.2) is 0 Å². The average molecular weight is 190 g/mol. The average Bonchev–Trinajstić information content (AvgIpc) is 1.96. The van der Waals surface area contributed by atoms with Crippen LogP contribution in [0.25, 0.3) is 0 Å². The third-order valence-corrected chi connectivity index (χ3v) is 2.97. The highest BCUT2D eigenvalue weighted by atomic mass is 19.1. The van der Waals surface area contributed by atoms with Gasteiger partial charge in [0.15, 0.2) is 0 Å². The van der Waals surface area contributed by atoms with E-state index in [1.807, 2.05) is 20.8 Å².